The Morgan fingerprint density at radius 3 is 2.39 bits per heavy atom. The van der Waals surface area contributed by atoms with Crippen molar-refractivity contribution >= 4 is 17.4 Å². The van der Waals surface area contributed by atoms with Crippen LogP contribution in [0.15, 0.2) is 72.9 Å². The quantitative estimate of drug-likeness (QED) is 0.640. The second-order valence-corrected chi connectivity index (χ2v) is 7.55. The molecule has 0 saturated carbocycles. The van der Waals surface area contributed by atoms with Crippen molar-refractivity contribution in [3.05, 3.63) is 89.9 Å². The van der Waals surface area contributed by atoms with Crippen LogP contribution in [0.5, 0.6) is 0 Å². The van der Waals surface area contributed by atoms with Gasteiger partial charge in [-0.3, -0.25) is 9.69 Å². The summed E-state index contributed by atoms with van der Waals surface area (Å²) in [5, 5.41) is 13.1. The third-order valence-corrected chi connectivity index (χ3v) is 5.44. The number of halogens is 1. The number of aliphatic hydroxyl groups is 1. The van der Waals surface area contributed by atoms with Crippen LogP contribution in [-0.4, -0.2) is 53.6 Å². The van der Waals surface area contributed by atoms with Gasteiger partial charge in [-0.2, -0.15) is 0 Å². The molecule has 0 radical (unpaired) electrons. The molecule has 0 aliphatic carbocycles. The number of carbonyl (C=O) groups excluding carboxylic acids is 1. The lowest BCUT2D eigenvalue weighted by molar-refractivity contribution is 0.102. The molecule has 160 valence electrons. The summed E-state index contributed by atoms with van der Waals surface area (Å²) in [6.07, 6.45) is 1.09. The Morgan fingerprint density at radius 2 is 1.71 bits per heavy atom. The van der Waals surface area contributed by atoms with Crippen molar-refractivity contribution < 1.29 is 14.3 Å². The van der Waals surface area contributed by atoms with Crippen molar-refractivity contribution in [2.24, 2.45) is 0 Å². The van der Waals surface area contributed by atoms with Gasteiger partial charge in [0.1, 0.15) is 11.6 Å². The average molecular weight is 420 g/mol. The summed E-state index contributed by atoms with van der Waals surface area (Å²) in [4.78, 5) is 21.1. The molecule has 1 aliphatic rings. The monoisotopic (exact) mass is 420 g/mol. The molecular formula is C24H25FN4O2. The number of hydrogen-bond donors (Lipinski definition) is 2. The number of aromatic nitrogens is 1. The van der Waals surface area contributed by atoms with E-state index in [1.807, 2.05) is 36.4 Å². The third kappa shape index (κ3) is 5.25. The molecule has 31 heavy (non-hydrogen) atoms. The van der Waals surface area contributed by atoms with Crippen LogP contribution in [0.4, 0.5) is 15.9 Å². The van der Waals surface area contributed by atoms with E-state index in [0.29, 0.717) is 12.2 Å². The van der Waals surface area contributed by atoms with Crippen molar-refractivity contribution in [1.82, 2.24) is 9.88 Å². The third-order valence-electron chi connectivity index (χ3n) is 5.44. The van der Waals surface area contributed by atoms with Crippen LogP contribution < -0.4 is 10.2 Å². The van der Waals surface area contributed by atoms with E-state index in [1.165, 1.54) is 12.1 Å². The Kier molecular flexibility index (Phi) is 6.54. The number of hydrogen-bond acceptors (Lipinski definition) is 5. The first-order chi connectivity index (χ1) is 15.1. The summed E-state index contributed by atoms with van der Waals surface area (Å²) in [7, 11) is 0. The van der Waals surface area contributed by atoms with Crippen molar-refractivity contribution in [3.63, 3.8) is 0 Å². The SMILES string of the molecule is O=C(Nc1ccc(N2CCN(CC(O)c3ccccc3)CC2)nc1)c1ccccc1F. The van der Waals surface area contributed by atoms with Crippen LogP contribution in [0.25, 0.3) is 0 Å². The molecule has 1 amide bonds. The Labute approximate surface area is 181 Å². The van der Waals surface area contributed by atoms with Gasteiger partial charge < -0.3 is 15.3 Å². The zero-order valence-corrected chi connectivity index (χ0v) is 17.1. The van der Waals surface area contributed by atoms with E-state index in [-0.39, 0.29) is 5.56 Å². The highest BCUT2D eigenvalue weighted by Gasteiger charge is 2.21. The summed E-state index contributed by atoms with van der Waals surface area (Å²) in [5.74, 6) is -0.231. The molecule has 0 bridgehead atoms. The zero-order chi connectivity index (χ0) is 21.6. The van der Waals surface area contributed by atoms with Crippen LogP contribution in [0, 0.1) is 5.82 Å². The van der Waals surface area contributed by atoms with Crippen LogP contribution in [0.3, 0.4) is 0 Å². The van der Waals surface area contributed by atoms with Crippen LogP contribution >= 0.6 is 0 Å². The van der Waals surface area contributed by atoms with E-state index < -0.39 is 17.8 Å². The van der Waals surface area contributed by atoms with Gasteiger partial charge in [0.15, 0.2) is 0 Å². The van der Waals surface area contributed by atoms with Gasteiger partial charge in [0.2, 0.25) is 0 Å². The van der Waals surface area contributed by atoms with Gasteiger partial charge in [-0.15, -0.1) is 0 Å². The van der Waals surface area contributed by atoms with Gasteiger partial charge in [0, 0.05) is 32.7 Å². The van der Waals surface area contributed by atoms with Gasteiger partial charge in [-0.05, 0) is 29.8 Å². The fourth-order valence-electron chi connectivity index (χ4n) is 3.68. The number of benzene rings is 2. The van der Waals surface area contributed by atoms with Gasteiger partial charge in [0.05, 0.1) is 23.6 Å². The van der Waals surface area contributed by atoms with E-state index >= 15 is 0 Å². The van der Waals surface area contributed by atoms with Gasteiger partial charge in [-0.25, -0.2) is 9.37 Å². The molecule has 1 aliphatic heterocycles. The molecule has 1 unspecified atom stereocenters. The number of nitrogens with one attached hydrogen (secondary N) is 1. The largest absolute Gasteiger partial charge is 0.387 e. The molecule has 1 fully saturated rings. The molecule has 1 atom stereocenters. The summed E-state index contributed by atoms with van der Waals surface area (Å²) in [6.45, 7) is 3.87. The van der Waals surface area contributed by atoms with E-state index in [1.54, 1.807) is 24.4 Å². The van der Waals surface area contributed by atoms with E-state index in [4.69, 9.17) is 0 Å². The van der Waals surface area contributed by atoms with Gasteiger partial charge in [-0.1, -0.05) is 42.5 Å². The number of β-amino-alcohol motifs (C(OH)–C–C–N with tert-alkyl or cyclic N) is 1. The molecule has 0 spiro atoms. The molecule has 7 heteroatoms. The Bertz CT molecular complexity index is 1010. The minimum Gasteiger partial charge on any atom is -0.387 e. The molecule has 1 saturated heterocycles. The molecule has 4 rings (SSSR count). The number of amides is 1. The zero-order valence-electron chi connectivity index (χ0n) is 17.1. The summed E-state index contributed by atoms with van der Waals surface area (Å²) in [5.41, 5.74) is 1.45. The van der Waals surface area contributed by atoms with E-state index in [0.717, 1.165) is 37.6 Å². The predicted octanol–water partition coefficient (Wildman–Crippen LogP) is 3.33. The number of aliphatic hydroxyl groups excluding tert-OH is 1. The second-order valence-electron chi connectivity index (χ2n) is 7.55. The molecule has 3 aromatic rings. The molecule has 2 heterocycles. The maximum atomic E-state index is 13.8. The lowest BCUT2D eigenvalue weighted by atomic mass is 10.1. The lowest BCUT2D eigenvalue weighted by Gasteiger charge is -2.36. The second kappa shape index (κ2) is 9.68. The van der Waals surface area contributed by atoms with Crippen LogP contribution in [0.2, 0.25) is 0 Å². The number of pyridine rings is 1. The first kappa shape index (κ1) is 21.0. The molecule has 2 N–H and O–H groups in total. The minimum atomic E-state index is -0.556. The topological polar surface area (TPSA) is 68.7 Å². The van der Waals surface area contributed by atoms with Crippen LogP contribution in [-0.2, 0) is 0 Å². The van der Waals surface area contributed by atoms with Crippen LogP contribution in [0.1, 0.15) is 22.0 Å². The number of rotatable bonds is 6. The van der Waals surface area contributed by atoms with Crippen molar-refractivity contribution in [2.75, 3.05) is 42.9 Å². The molecule has 1 aromatic heterocycles. The first-order valence-electron chi connectivity index (χ1n) is 10.3. The highest BCUT2D eigenvalue weighted by molar-refractivity contribution is 6.04. The standard InChI is InChI=1S/C24H25FN4O2/c25-21-9-5-4-8-20(21)24(31)27-19-10-11-23(26-16-19)29-14-12-28(13-15-29)17-22(30)18-6-2-1-3-7-18/h1-11,16,22,30H,12-15,17H2,(H,27,31). The Morgan fingerprint density at radius 1 is 1.00 bits per heavy atom. The number of carbonyl (C=O) groups is 1. The maximum absolute atomic E-state index is 13.8. The van der Waals surface area contributed by atoms with Gasteiger partial charge >= 0.3 is 0 Å². The van der Waals surface area contributed by atoms with E-state index in [2.05, 4.69) is 20.1 Å². The fraction of sp³-hybridized carbons (Fsp3) is 0.250. The van der Waals surface area contributed by atoms with Crippen molar-refractivity contribution in [3.8, 4) is 0 Å². The highest BCUT2D eigenvalue weighted by Crippen LogP contribution is 2.19. The van der Waals surface area contributed by atoms with Crippen molar-refractivity contribution in [1.29, 1.82) is 0 Å². The molecular weight excluding hydrogens is 395 g/mol. The predicted molar refractivity (Wildman–Crippen MR) is 119 cm³/mol. The average Bonchev–Trinajstić information content (AvgIpc) is 2.81. The Hall–Kier alpha value is -3.29. The molecule has 6 nitrogen and oxygen atoms in total. The smallest absolute Gasteiger partial charge is 0.258 e. The number of piperazine rings is 1. The summed E-state index contributed by atoms with van der Waals surface area (Å²) in [6, 6.07) is 19.2. The molecule has 2 aromatic carbocycles. The number of nitrogens with zero attached hydrogens (tertiary/aromatic N) is 3. The Balaban J connectivity index is 1.29. The van der Waals surface area contributed by atoms with Crippen molar-refractivity contribution in [2.45, 2.75) is 6.10 Å². The number of anilines is 2. The highest BCUT2D eigenvalue weighted by atomic mass is 19.1. The first-order valence-corrected chi connectivity index (χ1v) is 10.3. The van der Waals surface area contributed by atoms with E-state index in [9.17, 15) is 14.3 Å². The summed E-state index contributed by atoms with van der Waals surface area (Å²) < 4.78 is 13.8. The lowest BCUT2D eigenvalue weighted by Crippen LogP contribution is -2.47. The summed E-state index contributed by atoms with van der Waals surface area (Å²) >= 11 is 0. The minimum absolute atomic E-state index is 0.000360. The maximum Gasteiger partial charge on any atom is 0.258 e. The normalized spacial score (nSPS) is 15.5. The van der Waals surface area contributed by atoms with Gasteiger partial charge in [0.25, 0.3) is 5.91 Å². The fourth-order valence-corrected chi connectivity index (χ4v) is 3.68.